The topological polar surface area (TPSA) is 123 Å². The Kier molecular flexibility index (Phi) is 4.36. The molecule has 1 aliphatic heterocycles. The molecule has 0 spiro atoms. The highest BCUT2D eigenvalue weighted by Gasteiger charge is 2.34. The summed E-state index contributed by atoms with van der Waals surface area (Å²) < 4.78 is 28.2. The van der Waals surface area contributed by atoms with Crippen molar-refractivity contribution in [3.63, 3.8) is 0 Å². The Balaban J connectivity index is 1.91. The summed E-state index contributed by atoms with van der Waals surface area (Å²) in [5, 5.41) is 12.6. The number of aromatic nitrogens is 1. The van der Waals surface area contributed by atoms with Crippen LogP contribution >= 0.6 is 0 Å². The zero-order valence-corrected chi connectivity index (χ0v) is 16.2. The second kappa shape index (κ2) is 6.76. The van der Waals surface area contributed by atoms with Gasteiger partial charge in [-0.05, 0) is 36.8 Å². The van der Waals surface area contributed by atoms with Crippen LogP contribution in [0.15, 0.2) is 52.3 Å². The number of pyridine rings is 1. The van der Waals surface area contributed by atoms with Gasteiger partial charge in [-0.25, -0.2) is 8.42 Å². The van der Waals surface area contributed by atoms with Crippen LogP contribution in [0.1, 0.15) is 18.1 Å². The van der Waals surface area contributed by atoms with E-state index in [1.54, 1.807) is 12.1 Å². The first-order valence-corrected chi connectivity index (χ1v) is 10.2. The van der Waals surface area contributed by atoms with Gasteiger partial charge in [0.1, 0.15) is 0 Å². The first kappa shape index (κ1) is 18.7. The quantitative estimate of drug-likeness (QED) is 0.687. The highest BCUT2D eigenvalue weighted by Crippen LogP contribution is 2.39. The van der Waals surface area contributed by atoms with Crippen LogP contribution in [0.25, 0.3) is 10.8 Å². The molecule has 0 saturated heterocycles. The maximum Gasteiger partial charge on any atom is 0.264 e. The minimum Gasteiger partial charge on any atom is -0.329 e. The predicted molar refractivity (Wildman–Crippen MR) is 108 cm³/mol. The van der Waals surface area contributed by atoms with Crippen LogP contribution in [0.2, 0.25) is 0 Å². The number of anilines is 2. The lowest BCUT2D eigenvalue weighted by molar-refractivity contribution is -0.114. The van der Waals surface area contributed by atoms with Crippen LogP contribution in [0.4, 0.5) is 11.4 Å². The molecular weight excluding hydrogens is 392 g/mol. The second-order valence-electron chi connectivity index (χ2n) is 6.67. The first-order chi connectivity index (χ1) is 13.8. The molecule has 0 bridgehead atoms. The van der Waals surface area contributed by atoms with E-state index in [4.69, 9.17) is 0 Å². The van der Waals surface area contributed by atoms with Crippen LogP contribution < -0.4 is 15.2 Å². The number of carbonyl (C=O) groups excluding carboxylic acids is 1. The number of carbonyl (C=O) groups is 1. The van der Waals surface area contributed by atoms with E-state index in [1.807, 2.05) is 6.07 Å². The van der Waals surface area contributed by atoms with E-state index in [1.165, 1.54) is 41.7 Å². The average molecular weight is 408 g/mol. The van der Waals surface area contributed by atoms with Gasteiger partial charge in [0, 0.05) is 41.7 Å². The number of amides is 1. The third-order valence-corrected chi connectivity index (χ3v) is 6.71. The maximum absolute atomic E-state index is 13.5. The maximum atomic E-state index is 13.5. The molecule has 0 unspecified atom stereocenters. The fourth-order valence-corrected chi connectivity index (χ4v) is 5.32. The highest BCUT2D eigenvalue weighted by atomic mass is 32.2. The van der Waals surface area contributed by atoms with Gasteiger partial charge in [-0.3, -0.25) is 13.9 Å². The molecule has 4 rings (SSSR count). The third-order valence-electron chi connectivity index (χ3n) is 4.84. The van der Waals surface area contributed by atoms with Gasteiger partial charge in [0.25, 0.3) is 15.6 Å². The van der Waals surface area contributed by atoms with Crippen molar-refractivity contribution in [2.75, 3.05) is 16.2 Å². The van der Waals surface area contributed by atoms with Gasteiger partial charge in [-0.1, -0.05) is 6.07 Å². The molecule has 8 nitrogen and oxygen atoms in total. The summed E-state index contributed by atoms with van der Waals surface area (Å²) in [7, 11) is -4.01. The van der Waals surface area contributed by atoms with E-state index in [0.29, 0.717) is 28.7 Å². The van der Waals surface area contributed by atoms with E-state index < -0.39 is 10.0 Å². The van der Waals surface area contributed by atoms with Gasteiger partial charge in [0.05, 0.1) is 22.2 Å². The normalized spacial score (nSPS) is 13.2. The van der Waals surface area contributed by atoms with Crippen molar-refractivity contribution in [3.8, 4) is 6.07 Å². The Bertz CT molecular complexity index is 1370. The van der Waals surface area contributed by atoms with Crippen molar-refractivity contribution in [2.24, 2.45) is 0 Å². The van der Waals surface area contributed by atoms with Crippen molar-refractivity contribution in [1.82, 2.24) is 4.98 Å². The number of sulfonamides is 1. The number of nitrogens with one attached hydrogen (secondary N) is 2. The Morgan fingerprint density at radius 3 is 2.76 bits per heavy atom. The zero-order chi connectivity index (χ0) is 20.8. The van der Waals surface area contributed by atoms with Gasteiger partial charge in [-0.15, -0.1) is 0 Å². The Labute approximate surface area is 166 Å². The predicted octanol–water partition coefficient (Wildman–Crippen LogP) is 2.11. The molecule has 2 heterocycles. The molecule has 3 aromatic rings. The highest BCUT2D eigenvalue weighted by molar-refractivity contribution is 7.93. The van der Waals surface area contributed by atoms with Crippen LogP contribution in [0.5, 0.6) is 0 Å². The van der Waals surface area contributed by atoms with Crippen molar-refractivity contribution in [3.05, 3.63) is 64.1 Å². The van der Waals surface area contributed by atoms with Gasteiger partial charge in [-0.2, -0.15) is 5.26 Å². The van der Waals surface area contributed by atoms with Crippen LogP contribution in [0, 0.1) is 11.3 Å². The van der Waals surface area contributed by atoms with Crippen LogP contribution in [-0.4, -0.2) is 25.9 Å². The zero-order valence-electron chi connectivity index (χ0n) is 15.4. The van der Waals surface area contributed by atoms with Gasteiger partial charge in [0.2, 0.25) is 5.91 Å². The van der Waals surface area contributed by atoms with E-state index in [2.05, 4.69) is 10.3 Å². The first-order valence-electron chi connectivity index (χ1n) is 8.80. The number of benzene rings is 2. The fourth-order valence-electron chi connectivity index (χ4n) is 3.63. The summed E-state index contributed by atoms with van der Waals surface area (Å²) in [6.07, 6.45) is 1.80. The molecule has 1 amide bonds. The molecular formula is C20H16N4O4S. The van der Waals surface area contributed by atoms with Crippen LogP contribution in [0.3, 0.4) is 0 Å². The molecule has 1 aromatic heterocycles. The Morgan fingerprint density at radius 2 is 2.03 bits per heavy atom. The summed E-state index contributed by atoms with van der Waals surface area (Å²) in [6, 6.07) is 11.1. The van der Waals surface area contributed by atoms with E-state index in [9.17, 15) is 23.3 Å². The lowest BCUT2D eigenvalue weighted by Gasteiger charge is -2.21. The number of nitrogens with zero attached hydrogens (tertiary/aromatic N) is 2. The van der Waals surface area contributed by atoms with Gasteiger partial charge in [0.15, 0.2) is 0 Å². The summed E-state index contributed by atoms with van der Waals surface area (Å²) in [5.41, 5.74) is 1.30. The van der Waals surface area contributed by atoms with Gasteiger partial charge >= 0.3 is 0 Å². The summed E-state index contributed by atoms with van der Waals surface area (Å²) in [5.74, 6) is -0.308. The number of H-pyrrole nitrogens is 1. The number of rotatable bonds is 3. The number of hydrogen-bond acceptors (Lipinski definition) is 5. The average Bonchev–Trinajstić information content (AvgIpc) is 3.12. The van der Waals surface area contributed by atoms with E-state index in [-0.39, 0.29) is 33.9 Å². The van der Waals surface area contributed by atoms with Crippen LogP contribution in [-0.2, 0) is 21.2 Å². The van der Waals surface area contributed by atoms with Crippen molar-refractivity contribution in [2.45, 2.75) is 18.2 Å². The molecule has 0 fully saturated rings. The largest absolute Gasteiger partial charge is 0.329 e. The molecule has 1 aliphatic rings. The minimum atomic E-state index is -4.01. The Hall–Kier alpha value is -3.64. The smallest absolute Gasteiger partial charge is 0.264 e. The molecule has 29 heavy (non-hydrogen) atoms. The molecule has 0 atom stereocenters. The van der Waals surface area contributed by atoms with E-state index >= 15 is 0 Å². The molecule has 0 aliphatic carbocycles. The standard InChI is InChI=1S/C20H16N4O4S/c1-12(25)23-17-9-13(11-21)10-18-16(17)6-8-24(18)29(27,28)19-4-2-3-15-14(19)5-7-22-20(15)26/h2-5,7,9-10H,6,8H2,1H3,(H,22,26)(H,23,25). The number of fused-ring (bicyclic) bond motifs is 2. The number of hydrogen-bond donors (Lipinski definition) is 2. The SMILES string of the molecule is CC(=O)Nc1cc(C#N)cc2c1CCN2S(=O)(=O)c1cccc2c(=O)[nH]ccc12. The lowest BCUT2D eigenvalue weighted by atomic mass is 10.1. The minimum absolute atomic E-state index is 0.0115. The number of aromatic amines is 1. The molecule has 2 aromatic carbocycles. The van der Waals surface area contributed by atoms with Crippen molar-refractivity contribution in [1.29, 1.82) is 5.26 Å². The van der Waals surface area contributed by atoms with E-state index in [0.717, 1.165) is 0 Å². The summed E-state index contributed by atoms with van der Waals surface area (Å²) in [4.78, 5) is 26.2. The molecule has 2 N–H and O–H groups in total. The monoisotopic (exact) mass is 408 g/mol. The van der Waals surface area contributed by atoms with Crippen molar-refractivity contribution >= 4 is 38.1 Å². The lowest BCUT2D eigenvalue weighted by Crippen LogP contribution is -2.29. The third kappa shape index (κ3) is 3.03. The second-order valence-corrected chi connectivity index (χ2v) is 8.50. The molecule has 146 valence electrons. The Morgan fingerprint density at radius 1 is 1.24 bits per heavy atom. The summed E-state index contributed by atoms with van der Waals surface area (Å²) in [6.45, 7) is 1.52. The number of nitriles is 1. The molecule has 0 radical (unpaired) electrons. The molecule has 0 saturated carbocycles. The van der Waals surface area contributed by atoms with Gasteiger partial charge < -0.3 is 10.3 Å². The summed E-state index contributed by atoms with van der Waals surface area (Å²) >= 11 is 0. The molecule has 9 heteroatoms. The fraction of sp³-hybridized carbons (Fsp3) is 0.150. The van der Waals surface area contributed by atoms with Crippen molar-refractivity contribution < 1.29 is 13.2 Å².